The highest BCUT2D eigenvalue weighted by Crippen LogP contribution is 2.33. The maximum atomic E-state index is 12.4. The molecule has 22 heavy (non-hydrogen) atoms. The van der Waals surface area contributed by atoms with Gasteiger partial charge in [-0.15, -0.1) is 0 Å². The van der Waals surface area contributed by atoms with Gasteiger partial charge >= 0.3 is 0 Å². The minimum Gasteiger partial charge on any atom is -0.454 e. The number of amides is 1. The van der Waals surface area contributed by atoms with E-state index in [-0.39, 0.29) is 19.3 Å². The lowest BCUT2D eigenvalue weighted by Crippen LogP contribution is -2.42. The fourth-order valence-electron chi connectivity index (χ4n) is 3.26. The van der Waals surface area contributed by atoms with Crippen LogP contribution in [0.3, 0.4) is 0 Å². The largest absolute Gasteiger partial charge is 0.454 e. The smallest absolute Gasteiger partial charge is 0.249 e. The maximum Gasteiger partial charge on any atom is 0.249 e. The molecule has 0 bridgehead atoms. The van der Waals surface area contributed by atoms with Crippen molar-refractivity contribution in [1.29, 1.82) is 0 Å². The predicted molar refractivity (Wildman–Crippen MR) is 81.9 cm³/mol. The van der Waals surface area contributed by atoms with E-state index in [9.17, 15) is 4.79 Å². The summed E-state index contributed by atoms with van der Waals surface area (Å²) in [5, 5.41) is 0. The third-order valence-electron chi connectivity index (χ3n) is 4.39. The van der Waals surface area contributed by atoms with Crippen LogP contribution in [0.25, 0.3) is 0 Å². The first-order valence-corrected chi connectivity index (χ1v) is 7.95. The summed E-state index contributed by atoms with van der Waals surface area (Å²) in [5.74, 6) is 1.60. The van der Waals surface area contributed by atoms with E-state index in [0.29, 0.717) is 12.6 Å². The Morgan fingerprint density at radius 3 is 2.77 bits per heavy atom. The number of ether oxygens (including phenoxy) is 3. The average molecular weight is 305 g/mol. The summed E-state index contributed by atoms with van der Waals surface area (Å²) >= 11 is 0. The third-order valence-corrected chi connectivity index (χ3v) is 4.39. The zero-order chi connectivity index (χ0) is 15.4. The highest BCUT2D eigenvalue weighted by Gasteiger charge is 2.26. The molecular formula is C17H23NO4. The Bertz CT molecular complexity index is 525. The molecule has 0 radical (unpaired) electrons. The molecule has 1 amide bonds. The number of methoxy groups -OCH3 is 1. The van der Waals surface area contributed by atoms with E-state index < -0.39 is 0 Å². The normalized spacial score (nSPS) is 17.5. The quantitative estimate of drug-likeness (QED) is 0.839. The molecule has 1 fully saturated rings. The molecule has 2 aliphatic rings. The van der Waals surface area contributed by atoms with Crippen molar-refractivity contribution in [3.05, 3.63) is 23.8 Å². The Hall–Kier alpha value is -1.75. The monoisotopic (exact) mass is 305 g/mol. The number of hydrogen-bond donors (Lipinski definition) is 0. The minimum atomic E-state index is 0.0621. The van der Waals surface area contributed by atoms with E-state index >= 15 is 0 Å². The van der Waals surface area contributed by atoms with Crippen molar-refractivity contribution in [2.24, 2.45) is 0 Å². The molecule has 1 aromatic rings. The second-order valence-electron chi connectivity index (χ2n) is 5.93. The molecule has 5 heteroatoms. The summed E-state index contributed by atoms with van der Waals surface area (Å²) in [5.41, 5.74) is 1.07. The number of carbonyl (C=O) groups is 1. The van der Waals surface area contributed by atoms with Crippen molar-refractivity contribution in [2.45, 2.75) is 44.7 Å². The lowest BCUT2D eigenvalue weighted by atomic mass is 9.93. The van der Waals surface area contributed by atoms with Gasteiger partial charge in [-0.1, -0.05) is 25.3 Å². The molecule has 3 rings (SSSR count). The van der Waals surface area contributed by atoms with Gasteiger partial charge in [0.25, 0.3) is 0 Å². The van der Waals surface area contributed by atoms with Crippen LogP contribution in [0.15, 0.2) is 18.2 Å². The summed E-state index contributed by atoms with van der Waals surface area (Å²) in [6.45, 7) is 1.01. The maximum absolute atomic E-state index is 12.4. The van der Waals surface area contributed by atoms with Gasteiger partial charge in [0.05, 0.1) is 0 Å². The van der Waals surface area contributed by atoms with E-state index in [4.69, 9.17) is 14.2 Å². The third kappa shape index (κ3) is 3.35. The fraction of sp³-hybridized carbons (Fsp3) is 0.588. The van der Waals surface area contributed by atoms with Crippen LogP contribution < -0.4 is 9.47 Å². The zero-order valence-corrected chi connectivity index (χ0v) is 13.0. The average Bonchev–Trinajstić information content (AvgIpc) is 3.01. The number of rotatable bonds is 5. The van der Waals surface area contributed by atoms with Crippen LogP contribution in [0.5, 0.6) is 11.5 Å². The first-order chi connectivity index (χ1) is 10.8. The summed E-state index contributed by atoms with van der Waals surface area (Å²) in [6.07, 6.45) is 5.83. The van der Waals surface area contributed by atoms with Crippen LogP contribution in [0.4, 0.5) is 0 Å². The van der Waals surface area contributed by atoms with Gasteiger partial charge in [0.15, 0.2) is 11.5 Å². The second kappa shape index (κ2) is 7.01. The molecule has 0 aromatic heterocycles. The minimum absolute atomic E-state index is 0.0621. The number of hydrogen-bond acceptors (Lipinski definition) is 4. The highest BCUT2D eigenvalue weighted by molar-refractivity contribution is 5.77. The molecule has 1 heterocycles. The molecule has 1 aliphatic carbocycles. The summed E-state index contributed by atoms with van der Waals surface area (Å²) in [6, 6.07) is 6.21. The van der Waals surface area contributed by atoms with E-state index in [1.807, 2.05) is 23.1 Å². The van der Waals surface area contributed by atoms with Crippen molar-refractivity contribution in [3.8, 4) is 11.5 Å². The molecule has 120 valence electrons. The lowest BCUT2D eigenvalue weighted by Gasteiger charge is -2.34. The van der Waals surface area contributed by atoms with Gasteiger partial charge in [-0.25, -0.2) is 0 Å². The number of nitrogens with zero attached hydrogens (tertiary/aromatic N) is 1. The van der Waals surface area contributed by atoms with Gasteiger partial charge < -0.3 is 19.1 Å². The summed E-state index contributed by atoms with van der Waals surface area (Å²) in [7, 11) is 1.57. The van der Waals surface area contributed by atoms with Crippen LogP contribution >= 0.6 is 0 Å². The first-order valence-electron chi connectivity index (χ1n) is 7.95. The molecule has 0 unspecified atom stereocenters. The van der Waals surface area contributed by atoms with Gasteiger partial charge in [-0.2, -0.15) is 0 Å². The Morgan fingerprint density at radius 1 is 1.23 bits per heavy atom. The molecule has 0 N–H and O–H groups in total. The van der Waals surface area contributed by atoms with Crippen molar-refractivity contribution in [3.63, 3.8) is 0 Å². The van der Waals surface area contributed by atoms with Crippen molar-refractivity contribution >= 4 is 5.91 Å². The molecule has 0 saturated heterocycles. The first kappa shape index (κ1) is 15.2. The molecule has 0 spiro atoms. The number of fused-ring (bicyclic) bond motifs is 1. The molecule has 0 atom stereocenters. The highest BCUT2D eigenvalue weighted by atomic mass is 16.7. The van der Waals surface area contributed by atoms with Crippen LogP contribution in [-0.2, 0) is 16.1 Å². The van der Waals surface area contributed by atoms with Gasteiger partial charge in [0.1, 0.15) is 6.61 Å². The van der Waals surface area contributed by atoms with E-state index in [2.05, 4.69) is 0 Å². The van der Waals surface area contributed by atoms with Gasteiger partial charge in [-0.05, 0) is 30.5 Å². The zero-order valence-electron chi connectivity index (χ0n) is 13.0. The van der Waals surface area contributed by atoms with E-state index in [0.717, 1.165) is 29.9 Å². The van der Waals surface area contributed by atoms with Crippen LogP contribution in [0.1, 0.15) is 37.7 Å². The van der Waals surface area contributed by atoms with Crippen molar-refractivity contribution in [2.75, 3.05) is 20.5 Å². The fourth-order valence-corrected chi connectivity index (χ4v) is 3.26. The Morgan fingerprint density at radius 2 is 2.00 bits per heavy atom. The Labute approximate surface area is 131 Å². The number of carbonyl (C=O) groups excluding carboxylic acids is 1. The molecular weight excluding hydrogens is 282 g/mol. The van der Waals surface area contributed by atoms with Crippen molar-refractivity contribution < 1.29 is 19.0 Å². The van der Waals surface area contributed by atoms with Crippen molar-refractivity contribution in [1.82, 2.24) is 4.90 Å². The Balaban J connectivity index is 1.75. The van der Waals surface area contributed by atoms with Gasteiger partial charge in [0, 0.05) is 19.7 Å². The van der Waals surface area contributed by atoms with Crippen LogP contribution in [0.2, 0.25) is 0 Å². The van der Waals surface area contributed by atoms with Crippen LogP contribution in [-0.4, -0.2) is 37.4 Å². The van der Waals surface area contributed by atoms with Gasteiger partial charge in [-0.3, -0.25) is 4.79 Å². The molecule has 5 nitrogen and oxygen atoms in total. The Kier molecular flexibility index (Phi) is 4.83. The van der Waals surface area contributed by atoms with E-state index in [1.54, 1.807) is 7.11 Å². The summed E-state index contributed by atoms with van der Waals surface area (Å²) < 4.78 is 15.8. The molecule has 1 aliphatic heterocycles. The van der Waals surface area contributed by atoms with Crippen LogP contribution in [0, 0.1) is 0 Å². The predicted octanol–water partition coefficient (Wildman–Crippen LogP) is 2.72. The number of benzene rings is 1. The topological polar surface area (TPSA) is 48.0 Å². The summed E-state index contributed by atoms with van der Waals surface area (Å²) in [4.78, 5) is 14.4. The lowest BCUT2D eigenvalue weighted by molar-refractivity contribution is -0.139. The molecule has 1 saturated carbocycles. The molecule has 1 aromatic carbocycles. The van der Waals surface area contributed by atoms with Gasteiger partial charge in [0.2, 0.25) is 12.7 Å². The van der Waals surface area contributed by atoms with E-state index in [1.165, 1.54) is 19.3 Å². The standard InChI is InChI=1S/C17H23NO4/c1-20-11-17(19)18(14-5-3-2-4-6-14)10-13-7-8-15-16(9-13)22-12-21-15/h7-9,14H,2-6,10-12H2,1H3. The second-order valence-corrected chi connectivity index (χ2v) is 5.93. The SMILES string of the molecule is COCC(=O)N(Cc1ccc2c(c1)OCO2)C1CCCCC1.